The van der Waals surface area contributed by atoms with Gasteiger partial charge in [0.25, 0.3) is 0 Å². The molecule has 0 atom stereocenters. The summed E-state index contributed by atoms with van der Waals surface area (Å²) in [7, 11) is 0. The van der Waals surface area contributed by atoms with Gasteiger partial charge in [-0.2, -0.15) is 0 Å². The van der Waals surface area contributed by atoms with E-state index in [2.05, 4.69) is 179 Å². The van der Waals surface area contributed by atoms with Gasteiger partial charge in [0.15, 0.2) is 0 Å². The first-order valence-electron chi connectivity index (χ1n) is 18.6. The van der Waals surface area contributed by atoms with Crippen molar-refractivity contribution >= 4 is 55.5 Å². The van der Waals surface area contributed by atoms with Crippen LogP contribution in [-0.4, -0.2) is 9.13 Å². The lowest BCUT2D eigenvalue weighted by molar-refractivity contribution is 0.969. The van der Waals surface area contributed by atoms with E-state index in [9.17, 15) is 0 Å². The Morgan fingerprint density at radius 3 is 1.23 bits per heavy atom. The van der Waals surface area contributed by atoms with Gasteiger partial charge in [-0.15, -0.1) is 0 Å². The zero-order valence-electron chi connectivity index (χ0n) is 28.9. The minimum Gasteiger partial charge on any atom is -0.308 e. The summed E-state index contributed by atoms with van der Waals surface area (Å²) in [4.78, 5) is 0. The summed E-state index contributed by atoms with van der Waals surface area (Å²) in [6, 6.07) is 54.1. The average Bonchev–Trinajstić information content (AvgIpc) is 3.73. The minimum atomic E-state index is 1.05. The summed E-state index contributed by atoms with van der Waals surface area (Å²) in [5.41, 5.74) is 15.4. The lowest BCUT2D eigenvalue weighted by Crippen LogP contribution is -2.07. The van der Waals surface area contributed by atoms with Crippen molar-refractivity contribution in [2.75, 3.05) is 0 Å². The highest BCUT2D eigenvalue weighted by molar-refractivity contribution is 6.18. The van der Waals surface area contributed by atoms with Crippen LogP contribution in [-0.2, 0) is 12.8 Å². The Bertz CT molecular complexity index is 2730. The van der Waals surface area contributed by atoms with Gasteiger partial charge in [0.2, 0.25) is 0 Å². The lowest BCUT2D eigenvalue weighted by atomic mass is 9.92. The summed E-state index contributed by atoms with van der Waals surface area (Å²) in [6.07, 6.45) is 13.7. The Kier molecular flexibility index (Phi) is 6.54. The predicted octanol–water partition coefficient (Wildman–Crippen LogP) is 13.1. The second-order valence-corrected chi connectivity index (χ2v) is 14.3. The first kappa shape index (κ1) is 29.4. The molecule has 2 aliphatic rings. The molecular formula is C50H36N2. The molecule has 0 unspecified atom stereocenters. The Labute approximate surface area is 303 Å². The van der Waals surface area contributed by atoms with E-state index in [-0.39, 0.29) is 0 Å². The molecule has 2 heteroatoms. The largest absolute Gasteiger partial charge is 0.308 e. The van der Waals surface area contributed by atoms with Crippen LogP contribution in [0.3, 0.4) is 0 Å². The molecule has 52 heavy (non-hydrogen) atoms. The average molecular weight is 665 g/mol. The lowest BCUT2D eigenvalue weighted by Gasteiger charge is -2.23. The number of hydrogen-bond donors (Lipinski definition) is 0. The molecule has 246 valence electrons. The van der Waals surface area contributed by atoms with E-state index in [1.807, 2.05) is 0 Å². The fraction of sp³-hybridized carbons (Fsp3) is 0.0800. The maximum Gasteiger partial charge on any atom is 0.0620 e. The van der Waals surface area contributed by atoms with E-state index >= 15 is 0 Å². The van der Waals surface area contributed by atoms with Crippen molar-refractivity contribution in [1.82, 2.24) is 9.13 Å². The standard InChI is InChI=1S/C50H36N2/c1-3-15-33(16-4-1)35-27-29-41-43(31-35)49(51-45-23-11-7-19-37(45)38-20-8-12-24-46(38)51)42-30-28-36(34-17-5-2-6-18-34)32-44(42)50(41)52-47-25-13-9-21-39(47)40-22-10-14-26-48(40)52/h1-7,9,11-19,21,23-32H,8,10,20,22H2. The third-order valence-corrected chi connectivity index (χ3v) is 11.4. The van der Waals surface area contributed by atoms with Crippen molar-refractivity contribution in [2.45, 2.75) is 25.7 Å². The van der Waals surface area contributed by atoms with Crippen LogP contribution < -0.4 is 0 Å². The topological polar surface area (TPSA) is 9.86 Å². The molecule has 2 aromatic heterocycles. The van der Waals surface area contributed by atoms with E-state index in [0.717, 1.165) is 25.7 Å². The van der Waals surface area contributed by atoms with Gasteiger partial charge in [-0.05, 0) is 95.5 Å². The summed E-state index contributed by atoms with van der Waals surface area (Å²) in [6.45, 7) is 0. The van der Waals surface area contributed by atoms with Crippen LogP contribution in [0, 0.1) is 0 Å². The van der Waals surface area contributed by atoms with Gasteiger partial charge in [0.1, 0.15) is 0 Å². The van der Waals surface area contributed by atoms with E-state index in [4.69, 9.17) is 0 Å². The summed E-state index contributed by atoms with van der Waals surface area (Å²) in [5, 5.41) is 7.71. The number of aryl methyl sites for hydroxylation is 2. The third kappa shape index (κ3) is 4.31. The number of hydrogen-bond acceptors (Lipinski definition) is 0. The van der Waals surface area contributed by atoms with Gasteiger partial charge in [-0.3, -0.25) is 0 Å². The molecule has 0 saturated carbocycles. The minimum absolute atomic E-state index is 1.05. The van der Waals surface area contributed by atoms with Crippen LogP contribution in [0.4, 0.5) is 0 Å². The molecule has 0 bridgehead atoms. The predicted molar refractivity (Wildman–Crippen MR) is 221 cm³/mol. The Hall–Kier alpha value is -6.38. The molecule has 0 amide bonds. The molecule has 2 heterocycles. The van der Waals surface area contributed by atoms with Gasteiger partial charge < -0.3 is 9.13 Å². The summed E-state index contributed by atoms with van der Waals surface area (Å²) < 4.78 is 5.16. The molecule has 0 fully saturated rings. The van der Waals surface area contributed by atoms with Crippen molar-refractivity contribution in [3.05, 3.63) is 180 Å². The second kappa shape index (κ2) is 11.6. The Morgan fingerprint density at radius 1 is 0.346 bits per heavy atom. The summed E-state index contributed by atoms with van der Waals surface area (Å²) in [5.74, 6) is 0. The van der Waals surface area contributed by atoms with Crippen LogP contribution in [0.1, 0.15) is 35.4 Å². The maximum absolute atomic E-state index is 2.58. The highest BCUT2D eigenvalue weighted by atomic mass is 15.0. The number of nitrogens with zero attached hydrogens (tertiary/aromatic N) is 2. The molecule has 0 aliphatic heterocycles. The fourth-order valence-corrected chi connectivity index (χ4v) is 9.14. The van der Waals surface area contributed by atoms with Crippen LogP contribution in [0.15, 0.2) is 158 Å². The van der Waals surface area contributed by atoms with Gasteiger partial charge in [-0.25, -0.2) is 0 Å². The van der Waals surface area contributed by atoms with Crippen molar-refractivity contribution in [3.63, 3.8) is 0 Å². The second-order valence-electron chi connectivity index (χ2n) is 14.3. The van der Waals surface area contributed by atoms with Crippen LogP contribution in [0.25, 0.3) is 89.1 Å². The number of allylic oxidation sites excluding steroid dienone is 2. The van der Waals surface area contributed by atoms with Gasteiger partial charge in [-0.1, -0.05) is 133 Å². The van der Waals surface area contributed by atoms with Crippen molar-refractivity contribution in [2.24, 2.45) is 0 Å². The normalized spacial score (nSPS) is 13.7. The van der Waals surface area contributed by atoms with E-state index in [1.165, 1.54) is 99.5 Å². The number of aromatic nitrogens is 2. The Balaban J connectivity index is 1.37. The zero-order valence-corrected chi connectivity index (χ0v) is 28.9. The Morgan fingerprint density at radius 2 is 0.769 bits per heavy atom. The SMILES string of the molecule is C1=Cc2c(c3ccccc3n2-c2c3ccc(-c4ccccc4)cc3c(-n3c4c(c5ccccc53)CCC=C4)c3ccc(-c4ccccc4)cc23)CC1. The monoisotopic (exact) mass is 664 g/mol. The number of para-hydroxylation sites is 2. The molecule has 0 N–H and O–H groups in total. The van der Waals surface area contributed by atoms with Crippen LogP contribution in [0.5, 0.6) is 0 Å². The van der Waals surface area contributed by atoms with E-state index in [1.54, 1.807) is 0 Å². The molecule has 0 saturated heterocycles. The van der Waals surface area contributed by atoms with Crippen molar-refractivity contribution in [3.8, 4) is 33.6 Å². The first-order chi connectivity index (χ1) is 25.8. The molecule has 2 aliphatic carbocycles. The molecule has 7 aromatic carbocycles. The zero-order chi connectivity index (χ0) is 34.2. The van der Waals surface area contributed by atoms with Crippen molar-refractivity contribution < 1.29 is 0 Å². The molecule has 0 spiro atoms. The fourth-order valence-electron chi connectivity index (χ4n) is 9.14. The first-order valence-corrected chi connectivity index (χ1v) is 18.6. The number of benzene rings is 7. The number of fused-ring (bicyclic) bond motifs is 8. The van der Waals surface area contributed by atoms with Gasteiger partial charge >= 0.3 is 0 Å². The highest BCUT2D eigenvalue weighted by Gasteiger charge is 2.26. The van der Waals surface area contributed by atoms with Crippen LogP contribution >= 0.6 is 0 Å². The van der Waals surface area contributed by atoms with Crippen LogP contribution in [0.2, 0.25) is 0 Å². The maximum atomic E-state index is 2.58. The van der Waals surface area contributed by atoms with Crippen molar-refractivity contribution in [1.29, 1.82) is 0 Å². The highest BCUT2D eigenvalue weighted by Crippen LogP contribution is 2.46. The molecular weight excluding hydrogens is 629 g/mol. The number of rotatable bonds is 4. The molecule has 9 aromatic rings. The van der Waals surface area contributed by atoms with Gasteiger partial charge in [0, 0.05) is 43.7 Å². The molecule has 0 radical (unpaired) electrons. The molecule has 11 rings (SSSR count). The smallest absolute Gasteiger partial charge is 0.0620 e. The summed E-state index contributed by atoms with van der Waals surface area (Å²) >= 11 is 0. The van der Waals surface area contributed by atoms with E-state index in [0.29, 0.717) is 0 Å². The molecule has 2 nitrogen and oxygen atoms in total. The van der Waals surface area contributed by atoms with Gasteiger partial charge in [0.05, 0.1) is 22.4 Å². The quantitative estimate of drug-likeness (QED) is 0.166. The van der Waals surface area contributed by atoms with E-state index < -0.39 is 0 Å². The third-order valence-electron chi connectivity index (χ3n) is 11.4.